The van der Waals surface area contributed by atoms with Crippen LogP contribution in [0.4, 0.5) is 5.69 Å². The lowest BCUT2D eigenvalue weighted by Gasteiger charge is -2.28. The van der Waals surface area contributed by atoms with Crippen molar-refractivity contribution in [1.82, 2.24) is 0 Å². The van der Waals surface area contributed by atoms with Gasteiger partial charge in [0.15, 0.2) is 0 Å². The number of carbonyl (C=O) groups is 2. The SMILES string of the molecule is CCC(CC)(CN)C(=O)Nc1ccc(C(N)=O)cc1.Cl. The maximum atomic E-state index is 12.3. The molecule has 20 heavy (non-hydrogen) atoms. The van der Waals surface area contributed by atoms with E-state index < -0.39 is 11.3 Å². The number of nitrogens with two attached hydrogens (primary N) is 2. The van der Waals surface area contributed by atoms with Crippen molar-refractivity contribution in [3.63, 3.8) is 0 Å². The Balaban J connectivity index is 0.00000361. The molecule has 1 aromatic carbocycles. The minimum atomic E-state index is -0.539. The molecule has 0 unspecified atom stereocenters. The zero-order chi connectivity index (χ0) is 14.5. The number of carbonyl (C=O) groups excluding carboxylic acids is 2. The molecule has 0 aliphatic rings. The van der Waals surface area contributed by atoms with Gasteiger partial charge in [0.25, 0.3) is 0 Å². The predicted molar refractivity (Wildman–Crippen MR) is 82.9 cm³/mol. The maximum absolute atomic E-state index is 12.3. The van der Waals surface area contributed by atoms with Gasteiger partial charge in [-0.1, -0.05) is 13.8 Å². The lowest BCUT2D eigenvalue weighted by atomic mass is 9.81. The second kappa shape index (κ2) is 7.87. The van der Waals surface area contributed by atoms with E-state index in [2.05, 4.69) is 5.32 Å². The third-order valence-electron chi connectivity index (χ3n) is 3.65. The van der Waals surface area contributed by atoms with Gasteiger partial charge in [-0.25, -0.2) is 0 Å². The van der Waals surface area contributed by atoms with Gasteiger partial charge in [0, 0.05) is 17.8 Å². The monoisotopic (exact) mass is 299 g/mol. The van der Waals surface area contributed by atoms with Crippen molar-refractivity contribution in [1.29, 1.82) is 0 Å². The lowest BCUT2D eigenvalue weighted by molar-refractivity contribution is -0.125. The van der Waals surface area contributed by atoms with Crippen LogP contribution in [0.5, 0.6) is 0 Å². The van der Waals surface area contributed by atoms with Gasteiger partial charge in [-0.15, -0.1) is 12.4 Å². The van der Waals surface area contributed by atoms with Gasteiger partial charge in [0.1, 0.15) is 0 Å². The largest absolute Gasteiger partial charge is 0.366 e. The number of nitrogens with one attached hydrogen (secondary N) is 1. The number of hydrogen-bond donors (Lipinski definition) is 3. The Hall–Kier alpha value is -1.59. The highest BCUT2D eigenvalue weighted by molar-refractivity contribution is 5.97. The molecule has 0 aromatic heterocycles. The molecule has 0 aliphatic heterocycles. The summed E-state index contributed by atoms with van der Waals surface area (Å²) < 4.78 is 0. The Morgan fingerprint density at radius 1 is 1.15 bits per heavy atom. The summed E-state index contributed by atoms with van der Waals surface area (Å²) in [6, 6.07) is 6.48. The van der Waals surface area contributed by atoms with Gasteiger partial charge in [-0.05, 0) is 37.1 Å². The Morgan fingerprint density at radius 3 is 2.00 bits per heavy atom. The molecular formula is C14H22ClN3O2. The lowest BCUT2D eigenvalue weighted by Crippen LogP contribution is -2.41. The van der Waals surface area contributed by atoms with E-state index in [0.29, 0.717) is 30.6 Å². The highest BCUT2D eigenvalue weighted by Crippen LogP contribution is 2.26. The van der Waals surface area contributed by atoms with E-state index in [-0.39, 0.29) is 18.3 Å². The smallest absolute Gasteiger partial charge is 0.248 e. The molecule has 0 aliphatic carbocycles. The topological polar surface area (TPSA) is 98.2 Å². The van der Waals surface area contributed by atoms with Crippen molar-refractivity contribution < 1.29 is 9.59 Å². The number of benzene rings is 1. The summed E-state index contributed by atoms with van der Waals surface area (Å²) in [7, 11) is 0. The Labute approximate surface area is 125 Å². The predicted octanol–water partition coefficient (Wildman–Crippen LogP) is 1.91. The summed E-state index contributed by atoms with van der Waals surface area (Å²) in [4.78, 5) is 23.2. The summed E-state index contributed by atoms with van der Waals surface area (Å²) in [6.07, 6.45) is 1.37. The van der Waals surface area contributed by atoms with Gasteiger partial charge in [0.2, 0.25) is 11.8 Å². The summed E-state index contributed by atoms with van der Waals surface area (Å²) in [5.74, 6) is -0.580. The third-order valence-corrected chi connectivity index (χ3v) is 3.65. The van der Waals surface area contributed by atoms with E-state index in [1.54, 1.807) is 24.3 Å². The molecular weight excluding hydrogens is 278 g/mol. The van der Waals surface area contributed by atoms with Crippen LogP contribution < -0.4 is 16.8 Å². The fourth-order valence-electron chi connectivity index (χ4n) is 1.93. The maximum Gasteiger partial charge on any atom is 0.248 e. The van der Waals surface area contributed by atoms with Crippen LogP contribution in [0.2, 0.25) is 0 Å². The van der Waals surface area contributed by atoms with Crippen molar-refractivity contribution in [2.45, 2.75) is 26.7 Å². The van der Waals surface area contributed by atoms with Crippen LogP contribution in [-0.4, -0.2) is 18.4 Å². The molecule has 5 N–H and O–H groups in total. The number of primary amides is 1. The first kappa shape index (κ1) is 18.4. The second-order valence-electron chi connectivity index (χ2n) is 4.59. The van der Waals surface area contributed by atoms with Crippen LogP contribution >= 0.6 is 12.4 Å². The molecule has 0 saturated carbocycles. The second-order valence-corrected chi connectivity index (χ2v) is 4.59. The molecule has 6 heteroatoms. The number of halogens is 1. The van der Waals surface area contributed by atoms with Crippen LogP contribution in [0.1, 0.15) is 37.0 Å². The Bertz CT molecular complexity index is 448. The normalized spacial score (nSPS) is 10.6. The van der Waals surface area contributed by atoms with E-state index in [0.717, 1.165) is 0 Å². The van der Waals surface area contributed by atoms with Crippen LogP contribution in [-0.2, 0) is 4.79 Å². The standard InChI is InChI=1S/C14H21N3O2.ClH/c1-3-14(4-2,9-15)13(19)17-11-7-5-10(6-8-11)12(16)18;/h5-8H,3-4,9,15H2,1-2H3,(H2,16,18)(H,17,19);1H. The molecule has 5 nitrogen and oxygen atoms in total. The average molecular weight is 300 g/mol. The molecule has 1 rings (SSSR count). The van der Waals surface area contributed by atoms with Crippen molar-refractivity contribution >= 4 is 29.9 Å². The molecule has 0 heterocycles. The van der Waals surface area contributed by atoms with Gasteiger partial charge in [-0.3, -0.25) is 9.59 Å². The fourth-order valence-corrected chi connectivity index (χ4v) is 1.93. The summed E-state index contributed by atoms with van der Waals surface area (Å²) in [5, 5.41) is 2.83. The van der Waals surface area contributed by atoms with Crippen LogP contribution in [0.15, 0.2) is 24.3 Å². The molecule has 0 radical (unpaired) electrons. The summed E-state index contributed by atoms with van der Waals surface area (Å²) in [5.41, 5.74) is 11.4. The molecule has 0 saturated heterocycles. The van der Waals surface area contributed by atoms with E-state index in [9.17, 15) is 9.59 Å². The molecule has 0 fully saturated rings. The molecule has 0 atom stereocenters. The molecule has 1 aromatic rings. The fraction of sp³-hybridized carbons (Fsp3) is 0.429. The van der Waals surface area contributed by atoms with Crippen LogP contribution in [0, 0.1) is 5.41 Å². The zero-order valence-electron chi connectivity index (χ0n) is 11.8. The number of anilines is 1. The zero-order valence-corrected chi connectivity index (χ0v) is 12.6. The number of rotatable bonds is 6. The first-order valence-corrected chi connectivity index (χ1v) is 6.40. The third kappa shape index (κ3) is 3.95. The van der Waals surface area contributed by atoms with Crippen molar-refractivity contribution in [3.8, 4) is 0 Å². The molecule has 112 valence electrons. The average Bonchev–Trinajstić information content (AvgIpc) is 2.42. The highest BCUT2D eigenvalue weighted by Gasteiger charge is 2.33. The Morgan fingerprint density at radius 2 is 1.65 bits per heavy atom. The minimum absolute atomic E-state index is 0. The van der Waals surface area contributed by atoms with E-state index in [1.165, 1.54) is 0 Å². The van der Waals surface area contributed by atoms with Crippen molar-refractivity contribution in [2.75, 3.05) is 11.9 Å². The van der Waals surface area contributed by atoms with Crippen LogP contribution in [0.3, 0.4) is 0 Å². The van der Waals surface area contributed by atoms with Crippen LogP contribution in [0.25, 0.3) is 0 Å². The van der Waals surface area contributed by atoms with Gasteiger partial charge in [0.05, 0.1) is 5.41 Å². The molecule has 2 amide bonds. The highest BCUT2D eigenvalue weighted by atomic mass is 35.5. The van der Waals surface area contributed by atoms with E-state index in [1.807, 2.05) is 13.8 Å². The van der Waals surface area contributed by atoms with E-state index >= 15 is 0 Å². The van der Waals surface area contributed by atoms with Gasteiger partial charge in [-0.2, -0.15) is 0 Å². The van der Waals surface area contributed by atoms with Crippen molar-refractivity contribution in [3.05, 3.63) is 29.8 Å². The van der Waals surface area contributed by atoms with Gasteiger partial charge < -0.3 is 16.8 Å². The first-order chi connectivity index (χ1) is 8.99. The quantitative estimate of drug-likeness (QED) is 0.748. The molecule has 0 bridgehead atoms. The van der Waals surface area contributed by atoms with E-state index in [4.69, 9.17) is 11.5 Å². The molecule has 0 spiro atoms. The minimum Gasteiger partial charge on any atom is -0.366 e. The number of amides is 2. The first-order valence-electron chi connectivity index (χ1n) is 6.40. The number of hydrogen-bond acceptors (Lipinski definition) is 3. The summed E-state index contributed by atoms with van der Waals surface area (Å²) in [6.45, 7) is 4.21. The Kier molecular flexibility index (Phi) is 7.24. The van der Waals surface area contributed by atoms with Gasteiger partial charge >= 0.3 is 0 Å². The summed E-state index contributed by atoms with van der Waals surface area (Å²) >= 11 is 0. The van der Waals surface area contributed by atoms with Crippen molar-refractivity contribution in [2.24, 2.45) is 16.9 Å².